The molecular weight excluding hydrogens is 288 g/mol. The predicted molar refractivity (Wildman–Crippen MR) is 74.9 cm³/mol. The van der Waals surface area contributed by atoms with E-state index in [-0.39, 0.29) is 12.1 Å². The fraction of sp³-hybridized carbons (Fsp3) is 0.500. The maximum Gasteiger partial charge on any atom is 0.209 e. The van der Waals surface area contributed by atoms with Gasteiger partial charge in [0.1, 0.15) is 5.75 Å². The number of ether oxygens (including phenoxy) is 1. The molecule has 0 aromatic heterocycles. The van der Waals surface area contributed by atoms with E-state index in [9.17, 15) is 8.42 Å². The first kappa shape index (κ1) is 14.6. The Morgan fingerprint density at radius 1 is 1.53 bits per heavy atom. The van der Waals surface area contributed by atoms with Crippen LogP contribution in [0.3, 0.4) is 0 Å². The van der Waals surface area contributed by atoms with Crippen LogP contribution in [0.1, 0.15) is 36.6 Å². The lowest BCUT2D eigenvalue weighted by Crippen LogP contribution is -2.31. The number of sulfonamides is 1. The molecule has 7 heteroatoms. The lowest BCUT2D eigenvalue weighted by molar-refractivity contribution is 0.263. The number of hydrogen-bond acceptors (Lipinski definition) is 4. The highest BCUT2D eigenvalue weighted by molar-refractivity contribution is 7.88. The van der Waals surface area contributed by atoms with Gasteiger partial charge in [0.15, 0.2) is 0 Å². The number of hydrogen-bond donors (Lipinski definition) is 2. The van der Waals surface area contributed by atoms with Crippen LogP contribution in [0, 0.1) is 0 Å². The lowest BCUT2D eigenvalue weighted by Gasteiger charge is -2.28. The van der Waals surface area contributed by atoms with Gasteiger partial charge in [-0.05, 0) is 24.6 Å². The molecule has 0 fully saturated rings. The Morgan fingerprint density at radius 2 is 2.21 bits per heavy atom. The van der Waals surface area contributed by atoms with E-state index in [2.05, 4.69) is 4.72 Å². The first-order chi connectivity index (χ1) is 8.78. The summed E-state index contributed by atoms with van der Waals surface area (Å²) in [6.07, 6.45) is 1.71. The zero-order valence-electron chi connectivity index (χ0n) is 10.8. The monoisotopic (exact) mass is 304 g/mol. The molecule has 0 saturated carbocycles. The quantitative estimate of drug-likeness (QED) is 0.891. The molecule has 0 spiro atoms. The van der Waals surface area contributed by atoms with Crippen LogP contribution >= 0.6 is 11.6 Å². The third kappa shape index (κ3) is 3.39. The molecule has 5 nitrogen and oxygen atoms in total. The topological polar surface area (TPSA) is 81.4 Å². The lowest BCUT2D eigenvalue weighted by atomic mass is 9.97. The van der Waals surface area contributed by atoms with E-state index in [0.717, 1.165) is 17.4 Å². The van der Waals surface area contributed by atoms with Gasteiger partial charge in [-0.3, -0.25) is 0 Å². The van der Waals surface area contributed by atoms with E-state index in [0.29, 0.717) is 23.8 Å². The molecule has 3 N–H and O–H groups in total. The summed E-state index contributed by atoms with van der Waals surface area (Å²) < 4.78 is 30.9. The van der Waals surface area contributed by atoms with E-state index in [1.165, 1.54) is 0 Å². The largest absolute Gasteiger partial charge is 0.492 e. The van der Waals surface area contributed by atoms with Crippen molar-refractivity contribution < 1.29 is 13.2 Å². The fourth-order valence-corrected chi connectivity index (χ4v) is 3.18. The number of benzene rings is 1. The molecule has 0 amide bonds. The normalized spacial score (nSPS) is 20.5. The molecule has 1 aromatic rings. The highest BCUT2D eigenvalue weighted by Crippen LogP contribution is 2.39. The van der Waals surface area contributed by atoms with Crippen molar-refractivity contribution in [1.29, 1.82) is 0 Å². The maximum absolute atomic E-state index is 11.4. The molecule has 0 saturated heterocycles. The van der Waals surface area contributed by atoms with Gasteiger partial charge in [-0.25, -0.2) is 13.1 Å². The SMILES string of the molecule is CC(N)c1cc(Cl)c2c(c1)C(NS(C)(=O)=O)CCO2. The Morgan fingerprint density at radius 3 is 2.79 bits per heavy atom. The maximum atomic E-state index is 11.4. The summed E-state index contributed by atoms with van der Waals surface area (Å²) in [6, 6.07) is 3.11. The summed E-state index contributed by atoms with van der Waals surface area (Å²) in [7, 11) is -3.29. The minimum absolute atomic E-state index is 0.177. The molecule has 1 aliphatic rings. The van der Waals surface area contributed by atoms with Gasteiger partial charge in [0, 0.05) is 18.0 Å². The summed E-state index contributed by atoms with van der Waals surface area (Å²) in [4.78, 5) is 0. The molecule has 0 bridgehead atoms. The summed E-state index contributed by atoms with van der Waals surface area (Å²) in [5.41, 5.74) is 7.45. The van der Waals surface area contributed by atoms with Crippen LogP contribution < -0.4 is 15.2 Å². The zero-order chi connectivity index (χ0) is 14.2. The summed E-state index contributed by atoms with van der Waals surface area (Å²) in [5.74, 6) is 0.540. The third-order valence-electron chi connectivity index (χ3n) is 3.01. The van der Waals surface area contributed by atoms with Gasteiger partial charge >= 0.3 is 0 Å². The standard InChI is InChI=1S/C12H17ClN2O3S/c1-7(14)8-5-9-11(15-19(2,16)17)3-4-18-12(9)10(13)6-8/h5-7,11,15H,3-4,14H2,1-2H3. The Labute approximate surface area is 118 Å². The van der Waals surface area contributed by atoms with Crippen LogP contribution in [0.2, 0.25) is 5.02 Å². The van der Waals surface area contributed by atoms with Crippen molar-refractivity contribution in [2.45, 2.75) is 25.4 Å². The fourth-order valence-electron chi connectivity index (χ4n) is 2.13. The van der Waals surface area contributed by atoms with Crippen molar-refractivity contribution in [3.8, 4) is 5.75 Å². The molecule has 1 aliphatic heterocycles. The minimum Gasteiger partial charge on any atom is -0.492 e. The van der Waals surface area contributed by atoms with Crippen molar-refractivity contribution in [3.05, 3.63) is 28.3 Å². The van der Waals surface area contributed by atoms with E-state index < -0.39 is 10.0 Å². The molecule has 1 heterocycles. The highest BCUT2D eigenvalue weighted by atomic mass is 35.5. The average Bonchev–Trinajstić information content (AvgIpc) is 2.27. The van der Waals surface area contributed by atoms with Crippen molar-refractivity contribution in [1.82, 2.24) is 4.72 Å². The van der Waals surface area contributed by atoms with Crippen molar-refractivity contribution >= 4 is 21.6 Å². The molecule has 2 atom stereocenters. The van der Waals surface area contributed by atoms with Crippen molar-refractivity contribution in [3.63, 3.8) is 0 Å². The first-order valence-electron chi connectivity index (χ1n) is 5.97. The zero-order valence-corrected chi connectivity index (χ0v) is 12.4. The molecular formula is C12H17ClN2O3S. The Bertz CT molecular complexity index is 587. The Hall–Kier alpha value is -0.820. The van der Waals surface area contributed by atoms with Crippen LogP contribution in [0.4, 0.5) is 0 Å². The van der Waals surface area contributed by atoms with Crippen LogP contribution in [0.5, 0.6) is 5.75 Å². The van der Waals surface area contributed by atoms with Gasteiger partial charge in [-0.2, -0.15) is 0 Å². The third-order valence-corrected chi connectivity index (χ3v) is 4.00. The highest BCUT2D eigenvalue weighted by Gasteiger charge is 2.26. The van der Waals surface area contributed by atoms with Gasteiger partial charge in [-0.15, -0.1) is 0 Å². The second kappa shape index (κ2) is 5.28. The van der Waals surface area contributed by atoms with Gasteiger partial charge in [0.25, 0.3) is 0 Å². The first-order valence-corrected chi connectivity index (χ1v) is 8.24. The average molecular weight is 305 g/mol. The molecule has 0 radical (unpaired) electrons. The predicted octanol–water partition coefficient (Wildman–Crippen LogP) is 1.73. The van der Waals surface area contributed by atoms with Crippen molar-refractivity contribution in [2.24, 2.45) is 5.73 Å². The molecule has 2 unspecified atom stereocenters. The second-order valence-corrected chi connectivity index (χ2v) is 6.98. The number of nitrogens with one attached hydrogen (secondary N) is 1. The summed E-state index contributed by atoms with van der Waals surface area (Å²) in [6.45, 7) is 2.28. The van der Waals surface area contributed by atoms with Crippen LogP contribution in [0.15, 0.2) is 12.1 Å². The van der Waals surface area contributed by atoms with Crippen molar-refractivity contribution in [2.75, 3.05) is 12.9 Å². The molecule has 106 valence electrons. The van der Waals surface area contributed by atoms with Gasteiger partial charge in [0.2, 0.25) is 10.0 Å². The van der Waals surface area contributed by atoms with E-state index in [4.69, 9.17) is 22.1 Å². The molecule has 0 aliphatic carbocycles. The van der Waals surface area contributed by atoms with E-state index >= 15 is 0 Å². The number of fused-ring (bicyclic) bond motifs is 1. The molecule has 1 aromatic carbocycles. The molecule has 19 heavy (non-hydrogen) atoms. The van der Waals surface area contributed by atoms with Gasteiger partial charge < -0.3 is 10.5 Å². The second-order valence-electron chi connectivity index (χ2n) is 4.79. The summed E-state index contributed by atoms with van der Waals surface area (Å²) >= 11 is 6.17. The number of nitrogens with two attached hydrogens (primary N) is 1. The minimum atomic E-state index is -3.29. The Kier molecular flexibility index (Phi) is 4.06. The van der Waals surface area contributed by atoms with Crippen LogP contribution in [0.25, 0.3) is 0 Å². The van der Waals surface area contributed by atoms with Gasteiger partial charge in [-0.1, -0.05) is 11.6 Å². The van der Waals surface area contributed by atoms with E-state index in [1.807, 2.05) is 13.0 Å². The molecule has 2 rings (SSSR count). The summed E-state index contributed by atoms with van der Waals surface area (Å²) in [5, 5.41) is 0.463. The van der Waals surface area contributed by atoms with E-state index in [1.54, 1.807) is 6.07 Å². The van der Waals surface area contributed by atoms with Crippen LogP contribution in [-0.4, -0.2) is 21.3 Å². The smallest absolute Gasteiger partial charge is 0.209 e. The number of rotatable bonds is 3. The van der Waals surface area contributed by atoms with Crippen LogP contribution in [-0.2, 0) is 10.0 Å². The number of halogens is 1. The van der Waals surface area contributed by atoms with Gasteiger partial charge in [0.05, 0.1) is 23.9 Å². The Balaban J connectivity index is 2.47.